The number of carbonyl (C=O) groups is 1. The molecule has 0 aliphatic heterocycles. The summed E-state index contributed by atoms with van der Waals surface area (Å²) in [5.74, 6) is -0.241. The first-order chi connectivity index (χ1) is 14.5. The summed E-state index contributed by atoms with van der Waals surface area (Å²) in [6.45, 7) is 8.59. The maximum atomic E-state index is 12.7. The predicted octanol–water partition coefficient (Wildman–Crippen LogP) is 6.27. The first-order valence-electron chi connectivity index (χ1n) is 10.6. The number of thiophene rings is 1. The van der Waals surface area contributed by atoms with Gasteiger partial charge in [-0.05, 0) is 76.6 Å². The van der Waals surface area contributed by atoms with Crippen molar-refractivity contribution in [1.82, 2.24) is 4.57 Å². The average molecular weight is 421 g/mol. The van der Waals surface area contributed by atoms with Crippen LogP contribution in [0.3, 0.4) is 0 Å². The lowest BCUT2D eigenvalue weighted by Gasteiger charge is -2.12. The van der Waals surface area contributed by atoms with E-state index in [1.807, 2.05) is 13.1 Å². The molecule has 4 nitrogen and oxygen atoms in total. The fourth-order valence-electron chi connectivity index (χ4n) is 4.29. The number of para-hydroxylation sites is 1. The lowest BCUT2D eigenvalue weighted by Crippen LogP contribution is -2.09. The van der Waals surface area contributed by atoms with Crippen LogP contribution in [-0.2, 0) is 17.6 Å². The van der Waals surface area contributed by atoms with Crippen LogP contribution in [0.4, 0.5) is 5.00 Å². The Morgan fingerprint density at radius 1 is 1.20 bits per heavy atom. The Kier molecular flexibility index (Phi) is 5.91. The SMILES string of the molecule is CCOC(=O)c1c(N=Cc2cc(C)n(-c3ccccc3C)c2C)sc2c1CCCC2. The molecule has 1 aliphatic rings. The van der Waals surface area contributed by atoms with Crippen LogP contribution in [-0.4, -0.2) is 23.4 Å². The number of fused-ring (bicyclic) bond motifs is 1. The zero-order chi connectivity index (χ0) is 21.3. The molecule has 156 valence electrons. The van der Waals surface area contributed by atoms with Gasteiger partial charge >= 0.3 is 5.97 Å². The van der Waals surface area contributed by atoms with Crippen LogP contribution >= 0.6 is 11.3 Å². The molecule has 0 atom stereocenters. The second-order valence-corrected chi connectivity index (χ2v) is 8.90. The number of benzene rings is 1. The van der Waals surface area contributed by atoms with Gasteiger partial charge < -0.3 is 9.30 Å². The molecule has 2 heterocycles. The molecule has 1 aliphatic carbocycles. The first-order valence-corrected chi connectivity index (χ1v) is 11.4. The third-order valence-electron chi connectivity index (χ3n) is 5.78. The Morgan fingerprint density at radius 2 is 1.97 bits per heavy atom. The lowest BCUT2D eigenvalue weighted by molar-refractivity contribution is 0.0526. The van der Waals surface area contributed by atoms with E-state index in [2.05, 4.69) is 55.7 Å². The van der Waals surface area contributed by atoms with Crippen LogP contribution < -0.4 is 0 Å². The third-order valence-corrected chi connectivity index (χ3v) is 6.98. The van der Waals surface area contributed by atoms with Crippen LogP contribution in [0.15, 0.2) is 35.3 Å². The summed E-state index contributed by atoms with van der Waals surface area (Å²) >= 11 is 1.65. The molecule has 0 bridgehead atoms. The van der Waals surface area contributed by atoms with Gasteiger partial charge in [-0.25, -0.2) is 9.79 Å². The Labute approximate surface area is 182 Å². The van der Waals surface area contributed by atoms with E-state index in [0.29, 0.717) is 12.2 Å². The molecule has 0 spiro atoms. The molecule has 0 saturated carbocycles. The zero-order valence-corrected chi connectivity index (χ0v) is 18.9. The van der Waals surface area contributed by atoms with Gasteiger partial charge in [-0.15, -0.1) is 11.3 Å². The summed E-state index contributed by atoms with van der Waals surface area (Å²) in [5, 5.41) is 0.779. The molecule has 0 radical (unpaired) electrons. The fraction of sp³-hybridized carbons (Fsp3) is 0.360. The predicted molar refractivity (Wildman–Crippen MR) is 124 cm³/mol. The molecule has 3 aromatic rings. The van der Waals surface area contributed by atoms with E-state index in [-0.39, 0.29) is 5.97 Å². The van der Waals surface area contributed by atoms with E-state index in [1.54, 1.807) is 11.3 Å². The summed E-state index contributed by atoms with van der Waals surface area (Å²) in [7, 11) is 0. The number of carbonyl (C=O) groups excluding carboxylic acids is 1. The van der Waals surface area contributed by atoms with Gasteiger partial charge in [0, 0.05) is 33.7 Å². The smallest absolute Gasteiger partial charge is 0.341 e. The quantitative estimate of drug-likeness (QED) is 0.361. The summed E-state index contributed by atoms with van der Waals surface area (Å²) in [6, 6.07) is 10.6. The van der Waals surface area contributed by atoms with Crippen molar-refractivity contribution in [3.63, 3.8) is 0 Å². The van der Waals surface area contributed by atoms with Gasteiger partial charge in [0.1, 0.15) is 5.00 Å². The second-order valence-electron chi connectivity index (χ2n) is 7.82. The Balaban J connectivity index is 1.73. The van der Waals surface area contributed by atoms with Gasteiger partial charge in [-0.2, -0.15) is 0 Å². The highest BCUT2D eigenvalue weighted by Gasteiger charge is 2.26. The van der Waals surface area contributed by atoms with Gasteiger partial charge in [0.25, 0.3) is 0 Å². The van der Waals surface area contributed by atoms with E-state index in [4.69, 9.17) is 9.73 Å². The monoisotopic (exact) mass is 420 g/mol. The van der Waals surface area contributed by atoms with Crippen LogP contribution in [0.25, 0.3) is 5.69 Å². The minimum atomic E-state index is -0.241. The van der Waals surface area contributed by atoms with Crippen LogP contribution in [0.2, 0.25) is 0 Å². The van der Waals surface area contributed by atoms with Crippen LogP contribution in [0, 0.1) is 20.8 Å². The normalized spacial score (nSPS) is 13.6. The van der Waals surface area contributed by atoms with Gasteiger partial charge in [-0.3, -0.25) is 0 Å². The number of aromatic nitrogens is 1. The second kappa shape index (κ2) is 8.60. The first kappa shape index (κ1) is 20.6. The van der Waals surface area contributed by atoms with Crippen molar-refractivity contribution in [2.75, 3.05) is 6.61 Å². The summed E-state index contributed by atoms with van der Waals surface area (Å²) in [6.07, 6.45) is 6.17. The fourth-order valence-corrected chi connectivity index (χ4v) is 5.51. The molecule has 0 amide bonds. The van der Waals surface area contributed by atoms with E-state index >= 15 is 0 Å². The van der Waals surface area contributed by atoms with Crippen molar-refractivity contribution in [3.05, 3.63) is 68.9 Å². The van der Waals surface area contributed by atoms with Crippen molar-refractivity contribution in [1.29, 1.82) is 0 Å². The largest absolute Gasteiger partial charge is 0.462 e. The van der Waals surface area contributed by atoms with E-state index < -0.39 is 0 Å². The summed E-state index contributed by atoms with van der Waals surface area (Å²) < 4.78 is 7.62. The molecule has 1 aromatic carbocycles. The van der Waals surface area contributed by atoms with E-state index in [9.17, 15) is 4.79 Å². The van der Waals surface area contributed by atoms with Crippen molar-refractivity contribution in [3.8, 4) is 5.69 Å². The van der Waals surface area contributed by atoms with E-state index in [0.717, 1.165) is 41.1 Å². The molecule has 0 saturated heterocycles. The molecule has 0 unspecified atom stereocenters. The van der Waals surface area contributed by atoms with Crippen LogP contribution in [0.1, 0.15) is 63.1 Å². The topological polar surface area (TPSA) is 43.6 Å². The van der Waals surface area contributed by atoms with Crippen molar-refractivity contribution >= 4 is 28.5 Å². The highest BCUT2D eigenvalue weighted by Crippen LogP contribution is 2.40. The molecule has 30 heavy (non-hydrogen) atoms. The molecule has 0 fully saturated rings. The van der Waals surface area contributed by atoms with Gasteiger partial charge in [0.2, 0.25) is 0 Å². The number of nitrogens with zero attached hydrogens (tertiary/aromatic N) is 2. The van der Waals surface area contributed by atoms with Gasteiger partial charge in [0.05, 0.1) is 12.2 Å². The highest BCUT2D eigenvalue weighted by atomic mass is 32.1. The zero-order valence-electron chi connectivity index (χ0n) is 18.1. The number of esters is 1. The molecule has 0 N–H and O–H groups in total. The standard InChI is InChI=1S/C25H28N2O2S/c1-5-29-25(28)23-20-11-7-9-13-22(20)30-24(23)26-15-19-14-17(3)27(18(19)4)21-12-8-6-10-16(21)2/h6,8,10,12,14-15H,5,7,9,11,13H2,1-4H3. The number of aliphatic imine (C=N–C) groups is 1. The highest BCUT2D eigenvalue weighted by molar-refractivity contribution is 7.16. The number of aryl methyl sites for hydroxylation is 3. The molecular weight excluding hydrogens is 392 g/mol. The van der Waals surface area contributed by atoms with E-state index in [1.165, 1.54) is 28.2 Å². The minimum Gasteiger partial charge on any atom is -0.462 e. The molecule has 5 heteroatoms. The molecular formula is C25H28N2O2S. The third kappa shape index (κ3) is 3.74. The maximum Gasteiger partial charge on any atom is 0.341 e. The Hall–Kier alpha value is -2.66. The van der Waals surface area contributed by atoms with Crippen molar-refractivity contribution < 1.29 is 9.53 Å². The Morgan fingerprint density at radius 3 is 2.73 bits per heavy atom. The Bertz CT molecular complexity index is 1120. The average Bonchev–Trinajstić information content (AvgIpc) is 3.24. The molecule has 4 rings (SSSR count). The number of ether oxygens (including phenoxy) is 1. The van der Waals surface area contributed by atoms with Crippen molar-refractivity contribution in [2.45, 2.75) is 53.4 Å². The number of rotatable bonds is 5. The number of hydrogen-bond acceptors (Lipinski definition) is 4. The minimum absolute atomic E-state index is 0.241. The lowest BCUT2D eigenvalue weighted by atomic mass is 9.95. The van der Waals surface area contributed by atoms with Gasteiger partial charge in [-0.1, -0.05) is 18.2 Å². The van der Waals surface area contributed by atoms with Gasteiger partial charge in [0.15, 0.2) is 0 Å². The maximum absolute atomic E-state index is 12.7. The van der Waals surface area contributed by atoms with Crippen LogP contribution in [0.5, 0.6) is 0 Å². The van der Waals surface area contributed by atoms with Crippen molar-refractivity contribution in [2.24, 2.45) is 4.99 Å². The summed E-state index contributed by atoms with van der Waals surface area (Å²) in [4.78, 5) is 18.8. The number of hydrogen-bond donors (Lipinski definition) is 0. The molecule has 2 aromatic heterocycles. The summed E-state index contributed by atoms with van der Waals surface area (Å²) in [5.41, 5.74) is 7.63.